The van der Waals surface area contributed by atoms with Gasteiger partial charge in [-0.3, -0.25) is 4.79 Å². The molecule has 0 bridgehead atoms. The number of benzene rings is 2. The standard InChI is InChI=1S/C19H17F2NO3/c1-11-15-8-14(21)5-6-17(15)25-18(11)10-22-19(24)9-16(23)12-3-2-4-13(20)7-12/h2-8,16,23H,9-10H2,1H3,(H,22,24). The first-order valence-electron chi connectivity index (χ1n) is 7.82. The Kier molecular flexibility index (Phi) is 4.81. The number of furan rings is 1. The van der Waals surface area contributed by atoms with Crippen molar-refractivity contribution in [3.8, 4) is 0 Å². The van der Waals surface area contributed by atoms with Gasteiger partial charge in [0.2, 0.25) is 5.91 Å². The molecule has 1 heterocycles. The van der Waals surface area contributed by atoms with Crippen molar-refractivity contribution in [1.29, 1.82) is 0 Å². The van der Waals surface area contributed by atoms with E-state index < -0.39 is 17.8 Å². The van der Waals surface area contributed by atoms with E-state index in [-0.39, 0.29) is 18.8 Å². The molecule has 0 saturated carbocycles. The third kappa shape index (κ3) is 3.85. The van der Waals surface area contributed by atoms with Crippen LogP contribution in [0.1, 0.15) is 29.4 Å². The SMILES string of the molecule is Cc1c(CNC(=O)CC(O)c2cccc(F)c2)oc2ccc(F)cc12. The van der Waals surface area contributed by atoms with E-state index in [0.29, 0.717) is 22.3 Å². The Bertz CT molecular complexity index is 920. The Morgan fingerprint density at radius 1 is 1.20 bits per heavy atom. The van der Waals surface area contributed by atoms with E-state index in [4.69, 9.17) is 4.42 Å². The number of aryl methyl sites for hydroxylation is 1. The van der Waals surface area contributed by atoms with E-state index in [1.807, 2.05) is 0 Å². The van der Waals surface area contributed by atoms with Crippen molar-refractivity contribution in [2.24, 2.45) is 0 Å². The van der Waals surface area contributed by atoms with Crippen LogP contribution in [0.25, 0.3) is 11.0 Å². The molecule has 1 amide bonds. The highest BCUT2D eigenvalue weighted by Gasteiger charge is 2.16. The first-order chi connectivity index (χ1) is 11.9. The van der Waals surface area contributed by atoms with Crippen LogP contribution in [0.5, 0.6) is 0 Å². The molecule has 6 heteroatoms. The van der Waals surface area contributed by atoms with Gasteiger partial charge in [-0.25, -0.2) is 8.78 Å². The number of carbonyl (C=O) groups excluding carboxylic acids is 1. The summed E-state index contributed by atoms with van der Waals surface area (Å²) in [6, 6.07) is 9.72. The highest BCUT2D eigenvalue weighted by atomic mass is 19.1. The van der Waals surface area contributed by atoms with Gasteiger partial charge in [0.25, 0.3) is 0 Å². The molecule has 2 aromatic carbocycles. The Balaban J connectivity index is 1.63. The highest BCUT2D eigenvalue weighted by molar-refractivity contribution is 5.82. The number of amides is 1. The van der Waals surface area contributed by atoms with Crippen LogP contribution in [0.2, 0.25) is 0 Å². The van der Waals surface area contributed by atoms with Gasteiger partial charge in [-0.05, 0) is 42.8 Å². The zero-order chi connectivity index (χ0) is 18.0. The van der Waals surface area contributed by atoms with Gasteiger partial charge in [-0.15, -0.1) is 0 Å². The van der Waals surface area contributed by atoms with Gasteiger partial charge in [0, 0.05) is 10.9 Å². The molecule has 2 N–H and O–H groups in total. The summed E-state index contributed by atoms with van der Waals surface area (Å²) < 4.78 is 32.1. The Labute approximate surface area is 143 Å². The van der Waals surface area contributed by atoms with E-state index in [2.05, 4.69) is 5.32 Å². The summed E-state index contributed by atoms with van der Waals surface area (Å²) >= 11 is 0. The van der Waals surface area contributed by atoms with Crippen LogP contribution in [0, 0.1) is 18.6 Å². The smallest absolute Gasteiger partial charge is 0.223 e. The van der Waals surface area contributed by atoms with Crippen LogP contribution in [0.3, 0.4) is 0 Å². The summed E-state index contributed by atoms with van der Waals surface area (Å²) in [5.74, 6) is -0.704. The van der Waals surface area contributed by atoms with Crippen LogP contribution in [0.15, 0.2) is 46.9 Å². The predicted octanol–water partition coefficient (Wildman–Crippen LogP) is 3.76. The first kappa shape index (κ1) is 17.1. The molecular formula is C19H17F2NO3. The van der Waals surface area contributed by atoms with Crippen molar-refractivity contribution in [2.45, 2.75) is 26.0 Å². The Morgan fingerprint density at radius 3 is 2.72 bits per heavy atom. The molecule has 0 radical (unpaired) electrons. The van der Waals surface area contributed by atoms with E-state index in [1.54, 1.807) is 13.0 Å². The molecule has 0 saturated heterocycles. The molecular weight excluding hydrogens is 328 g/mol. The molecule has 0 aliphatic carbocycles. The second-order valence-electron chi connectivity index (χ2n) is 5.84. The molecule has 3 aromatic rings. The van der Waals surface area contributed by atoms with Crippen LogP contribution in [0.4, 0.5) is 8.78 Å². The van der Waals surface area contributed by atoms with Crippen LogP contribution in [-0.2, 0) is 11.3 Å². The monoisotopic (exact) mass is 345 g/mol. The van der Waals surface area contributed by atoms with Crippen LogP contribution >= 0.6 is 0 Å². The number of hydrogen-bond donors (Lipinski definition) is 2. The van der Waals surface area contributed by atoms with Crippen LogP contribution in [-0.4, -0.2) is 11.0 Å². The summed E-state index contributed by atoms with van der Waals surface area (Å²) in [4.78, 5) is 12.0. The fourth-order valence-corrected chi connectivity index (χ4v) is 2.67. The molecule has 0 spiro atoms. The molecule has 3 rings (SSSR count). The normalized spacial score (nSPS) is 12.3. The minimum Gasteiger partial charge on any atom is -0.459 e. The van der Waals surface area contributed by atoms with Crippen molar-refractivity contribution >= 4 is 16.9 Å². The van der Waals surface area contributed by atoms with Crippen molar-refractivity contribution in [3.63, 3.8) is 0 Å². The van der Waals surface area contributed by atoms with Gasteiger partial charge < -0.3 is 14.8 Å². The quantitative estimate of drug-likeness (QED) is 0.740. The fourth-order valence-electron chi connectivity index (χ4n) is 2.67. The van der Waals surface area contributed by atoms with Crippen molar-refractivity contribution in [1.82, 2.24) is 5.32 Å². The number of halogens is 2. The van der Waals surface area contributed by atoms with E-state index in [0.717, 1.165) is 5.56 Å². The zero-order valence-electron chi connectivity index (χ0n) is 13.6. The lowest BCUT2D eigenvalue weighted by Crippen LogP contribution is -2.24. The van der Waals surface area contributed by atoms with Gasteiger partial charge in [-0.2, -0.15) is 0 Å². The highest BCUT2D eigenvalue weighted by Crippen LogP contribution is 2.26. The number of aliphatic hydroxyl groups excluding tert-OH is 1. The van der Waals surface area contributed by atoms with Crippen molar-refractivity contribution < 1.29 is 23.1 Å². The van der Waals surface area contributed by atoms with Crippen LogP contribution < -0.4 is 5.32 Å². The second-order valence-corrected chi connectivity index (χ2v) is 5.84. The summed E-state index contributed by atoms with van der Waals surface area (Å²) in [7, 11) is 0. The Morgan fingerprint density at radius 2 is 1.96 bits per heavy atom. The topological polar surface area (TPSA) is 62.5 Å². The van der Waals surface area contributed by atoms with E-state index in [9.17, 15) is 18.7 Å². The minimum absolute atomic E-state index is 0.122. The van der Waals surface area contributed by atoms with Crippen molar-refractivity contribution in [3.05, 3.63) is 71.0 Å². The van der Waals surface area contributed by atoms with Gasteiger partial charge in [-0.1, -0.05) is 12.1 Å². The van der Waals surface area contributed by atoms with Crippen molar-refractivity contribution in [2.75, 3.05) is 0 Å². The maximum absolute atomic E-state index is 13.3. The number of hydrogen-bond acceptors (Lipinski definition) is 3. The number of aliphatic hydroxyl groups is 1. The number of rotatable bonds is 5. The van der Waals surface area contributed by atoms with E-state index in [1.165, 1.54) is 36.4 Å². The molecule has 130 valence electrons. The summed E-state index contributed by atoms with van der Waals surface area (Å²) in [6.45, 7) is 1.91. The van der Waals surface area contributed by atoms with Gasteiger partial charge in [0.1, 0.15) is 23.0 Å². The first-order valence-corrected chi connectivity index (χ1v) is 7.82. The molecule has 4 nitrogen and oxygen atoms in total. The minimum atomic E-state index is -1.10. The molecule has 1 aromatic heterocycles. The lowest BCUT2D eigenvalue weighted by molar-refractivity contribution is -0.123. The average Bonchev–Trinajstić information content (AvgIpc) is 2.89. The van der Waals surface area contributed by atoms with Gasteiger partial charge >= 0.3 is 0 Å². The maximum atomic E-state index is 13.3. The van der Waals surface area contributed by atoms with E-state index >= 15 is 0 Å². The molecule has 0 aliphatic heterocycles. The number of carbonyl (C=O) groups is 1. The molecule has 1 unspecified atom stereocenters. The third-order valence-electron chi connectivity index (χ3n) is 4.06. The summed E-state index contributed by atoms with van der Waals surface area (Å²) in [5, 5.41) is 13.3. The van der Waals surface area contributed by atoms with Gasteiger partial charge in [0.15, 0.2) is 0 Å². The average molecular weight is 345 g/mol. The van der Waals surface area contributed by atoms with Gasteiger partial charge in [0.05, 0.1) is 19.1 Å². The summed E-state index contributed by atoms with van der Waals surface area (Å²) in [5.41, 5.74) is 1.63. The largest absolute Gasteiger partial charge is 0.459 e. The third-order valence-corrected chi connectivity index (χ3v) is 4.06. The lowest BCUT2D eigenvalue weighted by Gasteiger charge is -2.11. The molecule has 0 fully saturated rings. The summed E-state index contributed by atoms with van der Waals surface area (Å²) in [6.07, 6.45) is -1.29. The maximum Gasteiger partial charge on any atom is 0.223 e. The Hall–Kier alpha value is -2.73. The lowest BCUT2D eigenvalue weighted by atomic mass is 10.1. The number of fused-ring (bicyclic) bond motifs is 1. The predicted molar refractivity (Wildman–Crippen MR) is 88.7 cm³/mol. The molecule has 1 atom stereocenters. The molecule has 25 heavy (non-hydrogen) atoms. The molecule has 0 aliphatic rings. The fraction of sp³-hybridized carbons (Fsp3) is 0.211. The number of nitrogens with one attached hydrogen (secondary N) is 1. The zero-order valence-corrected chi connectivity index (χ0v) is 13.6. The second kappa shape index (κ2) is 7.03.